The maximum absolute atomic E-state index is 14.1. The van der Waals surface area contributed by atoms with Crippen molar-refractivity contribution in [3.8, 4) is 0 Å². The summed E-state index contributed by atoms with van der Waals surface area (Å²) in [6.45, 7) is -0.554. The number of aromatic amines is 1. The van der Waals surface area contributed by atoms with Crippen molar-refractivity contribution in [3.05, 3.63) is 27.0 Å². The number of ether oxygens (including phenoxy) is 1. The number of rotatable bonds is 3. The minimum absolute atomic E-state index is 0.452. The number of aliphatic hydroxyl groups is 2. The second kappa shape index (κ2) is 5.82. The number of nitrogens with one attached hydrogen (secondary N) is 1. The molecule has 0 unspecified atom stereocenters. The number of H-pyrrole nitrogens is 1. The zero-order chi connectivity index (χ0) is 15.9. The number of alkyl halides is 1. The molecular formula is C12H19FN2O5Sn. The fourth-order valence-electron chi connectivity index (χ4n) is 2.29. The van der Waals surface area contributed by atoms with Crippen molar-refractivity contribution >= 4 is 22.0 Å². The first-order chi connectivity index (χ1) is 9.66. The summed E-state index contributed by atoms with van der Waals surface area (Å²) in [6, 6.07) is 0. The predicted octanol–water partition coefficient (Wildman–Crippen LogP) is -1.33. The van der Waals surface area contributed by atoms with Crippen LogP contribution >= 0.6 is 0 Å². The van der Waals surface area contributed by atoms with E-state index in [1.54, 1.807) is 0 Å². The van der Waals surface area contributed by atoms with Crippen LogP contribution in [-0.2, 0) is 4.74 Å². The maximum atomic E-state index is 14.1. The topological polar surface area (TPSA) is 105 Å². The molecule has 0 bridgehead atoms. The molecule has 0 aliphatic carbocycles. The second-order valence-corrected chi connectivity index (χ2v) is 20.5. The molecule has 21 heavy (non-hydrogen) atoms. The SMILES string of the molecule is [CH3][Sn]([CH3])([CH3])[c]1cn([C@@H]2O[C@H](CO)[C@@H](O)[C@@H]2F)c(=O)[nH]c1=O. The Bertz CT molecular complexity index is 638. The van der Waals surface area contributed by atoms with Crippen LogP contribution in [0.2, 0.25) is 14.8 Å². The Balaban J connectivity index is 2.50. The third-order valence-electron chi connectivity index (χ3n) is 3.52. The third-order valence-corrected chi connectivity index (χ3v) is 9.15. The van der Waals surface area contributed by atoms with E-state index in [-0.39, 0.29) is 0 Å². The van der Waals surface area contributed by atoms with Crippen LogP contribution in [0.3, 0.4) is 0 Å². The van der Waals surface area contributed by atoms with Gasteiger partial charge in [0.2, 0.25) is 0 Å². The van der Waals surface area contributed by atoms with E-state index >= 15 is 0 Å². The monoisotopic (exact) mass is 410 g/mol. The molecule has 0 aromatic carbocycles. The van der Waals surface area contributed by atoms with Crippen molar-refractivity contribution < 1.29 is 19.3 Å². The first-order valence-electron chi connectivity index (χ1n) is 6.61. The van der Waals surface area contributed by atoms with Gasteiger partial charge < -0.3 is 0 Å². The van der Waals surface area contributed by atoms with Gasteiger partial charge in [0.15, 0.2) is 0 Å². The van der Waals surface area contributed by atoms with Gasteiger partial charge in [0.05, 0.1) is 0 Å². The van der Waals surface area contributed by atoms with Gasteiger partial charge in [-0.3, -0.25) is 0 Å². The fraction of sp³-hybridized carbons (Fsp3) is 0.667. The summed E-state index contributed by atoms with van der Waals surface area (Å²) in [5, 5.41) is 18.7. The van der Waals surface area contributed by atoms with Crippen LogP contribution in [0.1, 0.15) is 6.23 Å². The summed E-state index contributed by atoms with van der Waals surface area (Å²) in [4.78, 5) is 31.9. The predicted molar refractivity (Wildman–Crippen MR) is 76.2 cm³/mol. The summed E-state index contributed by atoms with van der Waals surface area (Å²) in [6.07, 6.45) is -4.48. The van der Waals surface area contributed by atoms with Crippen molar-refractivity contribution in [1.29, 1.82) is 0 Å². The molecule has 0 spiro atoms. The van der Waals surface area contributed by atoms with Crippen LogP contribution in [0.5, 0.6) is 0 Å². The van der Waals surface area contributed by atoms with E-state index in [2.05, 4.69) is 4.98 Å². The van der Waals surface area contributed by atoms with E-state index in [1.165, 1.54) is 6.20 Å². The molecule has 1 aliphatic rings. The molecular weight excluding hydrogens is 390 g/mol. The number of hydrogen-bond acceptors (Lipinski definition) is 5. The van der Waals surface area contributed by atoms with Crippen LogP contribution in [0.15, 0.2) is 15.8 Å². The average Bonchev–Trinajstić information content (AvgIpc) is 2.65. The molecule has 0 amide bonds. The Morgan fingerprint density at radius 3 is 2.52 bits per heavy atom. The van der Waals surface area contributed by atoms with E-state index in [0.717, 1.165) is 4.57 Å². The molecule has 1 saturated heterocycles. The third kappa shape index (κ3) is 3.08. The Labute approximate surface area is 124 Å². The summed E-state index contributed by atoms with van der Waals surface area (Å²) in [7, 11) is 0. The zero-order valence-corrected chi connectivity index (χ0v) is 14.9. The van der Waals surface area contributed by atoms with Gasteiger partial charge in [-0.25, -0.2) is 0 Å². The van der Waals surface area contributed by atoms with Gasteiger partial charge >= 0.3 is 124 Å². The van der Waals surface area contributed by atoms with Crippen LogP contribution in [0.4, 0.5) is 4.39 Å². The second-order valence-electron chi connectivity index (χ2n) is 6.14. The van der Waals surface area contributed by atoms with Gasteiger partial charge in [-0.2, -0.15) is 0 Å². The van der Waals surface area contributed by atoms with Gasteiger partial charge in [0.1, 0.15) is 0 Å². The Morgan fingerprint density at radius 2 is 2.05 bits per heavy atom. The van der Waals surface area contributed by atoms with Gasteiger partial charge in [-0.05, 0) is 0 Å². The molecule has 1 aromatic heterocycles. The zero-order valence-electron chi connectivity index (χ0n) is 12.0. The molecule has 118 valence electrons. The van der Waals surface area contributed by atoms with Crippen molar-refractivity contribution in [2.45, 2.75) is 39.4 Å². The molecule has 9 heteroatoms. The standard InChI is InChI=1S/C9H10FN2O5.3CH3.Sn/c10-6-7(15)4(3-13)17-8(6)12-2-1-5(14)11-9(12)16;;;;/h2,4,6-8,13,15H,3H2,(H,11,14,16);3*1H3;/t4-,6+,7-,8-;;;;/m1..../s1. The number of nitrogens with zero attached hydrogens (tertiary/aromatic N) is 1. The summed E-state index contributed by atoms with van der Waals surface area (Å²) in [5.41, 5.74) is -1.25. The Morgan fingerprint density at radius 1 is 1.43 bits per heavy atom. The van der Waals surface area contributed by atoms with Crippen molar-refractivity contribution in [2.24, 2.45) is 0 Å². The average molecular weight is 409 g/mol. The normalized spacial score (nSPS) is 29.8. The first-order valence-corrected chi connectivity index (χ1v) is 16.6. The molecule has 0 saturated carbocycles. The van der Waals surface area contributed by atoms with Gasteiger partial charge in [-0.15, -0.1) is 0 Å². The molecule has 1 aromatic rings. The molecule has 2 rings (SSSR count). The number of aromatic nitrogens is 2. The molecule has 1 fully saturated rings. The Hall–Kier alpha value is -0.711. The minimum atomic E-state index is -2.80. The van der Waals surface area contributed by atoms with Gasteiger partial charge in [0.25, 0.3) is 0 Å². The number of halogens is 1. The van der Waals surface area contributed by atoms with Crippen LogP contribution < -0.4 is 14.8 Å². The van der Waals surface area contributed by atoms with E-state index in [9.17, 15) is 19.1 Å². The Kier molecular flexibility index (Phi) is 4.62. The molecule has 0 radical (unpaired) electrons. The van der Waals surface area contributed by atoms with E-state index in [1.807, 2.05) is 14.8 Å². The quantitative estimate of drug-likeness (QED) is 0.537. The fourth-order valence-corrected chi connectivity index (χ4v) is 5.91. The van der Waals surface area contributed by atoms with Crippen LogP contribution in [0, 0.1) is 0 Å². The molecule has 1 aliphatic heterocycles. The van der Waals surface area contributed by atoms with E-state index in [4.69, 9.17) is 9.84 Å². The molecule has 7 nitrogen and oxygen atoms in total. The van der Waals surface area contributed by atoms with Crippen molar-refractivity contribution in [3.63, 3.8) is 0 Å². The summed E-state index contributed by atoms with van der Waals surface area (Å²) < 4.78 is 20.8. The van der Waals surface area contributed by atoms with Crippen molar-refractivity contribution in [2.75, 3.05) is 6.61 Å². The van der Waals surface area contributed by atoms with Crippen LogP contribution in [0.25, 0.3) is 0 Å². The van der Waals surface area contributed by atoms with E-state index in [0.29, 0.717) is 3.58 Å². The molecule has 3 N–H and O–H groups in total. The number of aliphatic hydroxyl groups excluding tert-OH is 2. The van der Waals surface area contributed by atoms with Gasteiger partial charge in [-0.1, -0.05) is 0 Å². The van der Waals surface area contributed by atoms with E-state index < -0.39 is 60.8 Å². The number of hydrogen-bond donors (Lipinski definition) is 3. The summed E-state index contributed by atoms with van der Waals surface area (Å²) >= 11 is -2.80. The van der Waals surface area contributed by atoms with Gasteiger partial charge in [0, 0.05) is 0 Å². The summed E-state index contributed by atoms with van der Waals surface area (Å²) in [5.74, 6) is 0. The molecule has 2 heterocycles. The first kappa shape index (κ1) is 16.7. The molecule has 4 atom stereocenters. The van der Waals surface area contributed by atoms with Crippen molar-refractivity contribution in [1.82, 2.24) is 9.55 Å². The van der Waals surface area contributed by atoms with Crippen LogP contribution in [-0.4, -0.2) is 63.1 Å².